The largest absolute Gasteiger partial charge is 0.472 e. The summed E-state index contributed by atoms with van der Waals surface area (Å²) in [7, 11) is -0.677. The number of imidazole rings is 1. The number of carbonyl (C=O) groups is 1. The van der Waals surface area contributed by atoms with Gasteiger partial charge in [-0.2, -0.15) is 4.31 Å². The minimum absolute atomic E-state index is 0.0202. The van der Waals surface area contributed by atoms with Crippen LogP contribution >= 0.6 is 0 Å². The van der Waals surface area contributed by atoms with Crippen LogP contribution in [0.25, 0.3) is 12.2 Å². The van der Waals surface area contributed by atoms with E-state index in [1.807, 2.05) is 49.4 Å². The van der Waals surface area contributed by atoms with Crippen molar-refractivity contribution in [2.24, 2.45) is 13.0 Å². The van der Waals surface area contributed by atoms with E-state index in [-0.39, 0.29) is 48.0 Å². The Hall–Kier alpha value is -3.54. The van der Waals surface area contributed by atoms with E-state index in [1.165, 1.54) is 23.9 Å². The van der Waals surface area contributed by atoms with Gasteiger partial charge in [0.1, 0.15) is 11.7 Å². The van der Waals surface area contributed by atoms with E-state index in [9.17, 15) is 18.3 Å². The van der Waals surface area contributed by atoms with E-state index in [0.29, 0.717) is 5.56 Å². The lowest BCUT2D eigenvalue weighted by Gasteiger charge is -2.37. The number of ether oxygens (including phenoxy) is 1. The summed E-state index contributed by atoms with van der Waals surface area (Å²) in [6.07, 6.45) is 7.66. The lowest BCUT2D eigenvalue weighted by molar-refractivity contribution is 0.0373. The quantitative estimate of drug-likeness (QED) is 0.467. The van der Waals surface area contributed by atoms with Crippen LogP contribution in [-0.4, -0.2) is 82.1 Å². The Morgan fingerprint density at radius 2 is 1.92 bits per heavy atom. The van der Waals surface area contributed by atoms with Gasteiger partial charge in [0.15, 0.2) is 5.03 Å². The first-order chi connectivity index (χ1) is 18.1. The van der Waals surface area contributed by atoms with Crippen molar-refractivity contribution in [3.63, 3.8) is 0 Å². The molecular formula is C27H33N5O5S. The first kappa shape index (κ1) is 27.5. The van der Waals surface area contributed by atoms with E-state index in [0.717, 1.165) is 5.56 Å². The summed E-state index contributed by atoms with van der Waals surface area (Å²) in [6, 6.07) is 11.0. The Morgan fingerprint density at radius 1 is 1.21 bits per heavy atom. The van der Waals surface area contributed by atoms with Crippen LogP contribution in [0.2, 0.25) is 0 Å². The second kappa shape index (κ2) is 11.5. The highest BCUT2D eigenvalue weighted by atomic mass is 32.2. The van der Waals surface area contributed by atoms with Gasteiger partial charge in [0.25, 0.3) is 15.9 Å². The van der Waals surface area contributed by atoms with Gasteiger partial charge in [-0.15, -0.1) is 0 Å². The molecule has 0 bridgehead atoms. The van der Waals surface area contributed by atoms with Crippen molar-refractivity contribution in [2.45, 2.75) is 31.0 Å². The number of aliphatic hydroxyl groups excluding tert-OH is 1. The van der Waals surface area contributed by atoms with Crippen LogP contribution < -0.4 is 4.74 Å². The van der Waals surface area contributed by atoms with E-state index in [1.54, 1.807) is 35.7 Å². The van der Waals surface area contributed by atoms with Crippen LogP contribution in [0.15, 0.2) is 60.1 Å². The molecule has 1 amide bonds. The molecule has 0 unspecified atom stereocenters. The highest BCUT2D eigenvalue weighted by Gasteiger charge is 2.36. The first-order valence-electron chi connectivity index (χ1n) is 12.4. The molecule has 1 N–H and O–H groups in total. The van der Waals surface area contributed by atoms with Crippen molar-refractivity contribution in [1.82, 2.24) is 23.7 Å². The Labute approximate surface area is 223 Å². The maximum atomic E-state index is 13.6. The fourth-order valence-corrected chi connectivity index (χ4v) is 5.36. The lowest BCUT2D eigenvalue weighted by Crippen LogP contribution is -2.50. The van der Waals surface area contributed by atoms with Crippen molar-refractivity contribution in [2.75, 3.05) is 26.7 Å². The number of hydrogen-bond acceptors (Lipinski definition) is 7. The van der Waals surface area contributed by atoms with E-state index in [2.05, 4.69) is 9.97 Å². The molecule has 11 heteroatoms. The minimum Gasteiger partial charge on any atom is -0.472 e. The number of carbonyl (C=O) groups excluding carboxylic acids is 1. The maximum absolute atomic E-state index is 13.6. The molecule has 3 heterocycles. The maximum Gasteiger partial charge on any atom is 0.261 e. The van der Waals surface area contributed by atoms with Crippen molar-refractivity contribution in [3.05, 3.63) is 71.8 Å². The SMILES string of the molecule is C[C@@H]1CN([C@@H](C)CO)C(=O)c2cc(/C=C/c3ccccc3)cnc2O[C@H]1CN(C)S(=O)(=O)c1cn(C)cn1. The second-order valence-electron chi connectivity index (χ2n) is 9.65. The highest BCUT2D eigenvalue weighted by molar-refractivity contribution is 7.89. The van der Waals surface area contributed by atoms with Crippen molar-refractivity contribution in [3.8, 4) is 5.88 Å². The van der Waals surface area contributed by atoms with Crippen LogP contribution in [0, 0.1) is 5.92 Å². The number of fused-ring (bicyclic) bond motifs is 1. The summed E-state index contributed by atoms with van der Waals surface area (Å²) < 4.78 is 35.2. The molecule has 3 atom stereocenters. The predicted octanol–water partition coefficient (Wildman–Crippen LogP) is 2.53. The molecule has 10 nitrogen and oxygen atoms in total. The van der Waals surface area contributed by atoms with Crippen molar-refractivity contribution < 1.29 is 23.1 Å². The molecule has 0 saturated carbocycles. The van der Waals surface area contributed by atoms with E-state index in [4.69, 9.17) is 4.74 Å². The molecule has 0 spiro atoms. The molecule has 202 valence electrons. The highest BCUT2D eigenvalue weighted by Crippen LogP contribution is 2.28. The molecule has 4 rings (SSSR count). The third-order valence-electron chi connectivity index (χ3n) is 6.60. The molecule has 1 aliphatic rings. The summed E-state index contributed by atoms with van der Waals surface area (Å²) in [4.78, 5) is 23.6. The molecule has 3 aromatic rings. The predicted molar refractivity (Wildman–Crippen MR) is 144 cm³/mol. The summed E-state index contributed by atoms with van der Waals surface area (Å²) in [6.45, 7) is 3.73. The third-order valence-corrected chi connectivity index (χ3v) is 8.31. The number of aryl methyl sites for hydroxylation is 1. The Morgan fingerprint density at radius 3 is 2.58 bits per heavy atom. The molecule has 1 aliphatic heterocycles. The molecule has 0 radical (unpaired) electrons. The monoisotopic (exact) mass is 539 g/mol. The Balaban J connectivity index is 1.66. The number of likely N-dealkylation sites (N-methyl/N-ethyl adjacent to an activating group) is 1. The summed E-state index contributed by atoms with van der Waals surface area (Å²) >= 11 is 0. The number of aromatic nitrogens is 3. The normalized spacial score (nSPS) is 19.2. The standard InChI is InChI=1S/C27H33N5O5S/c1-19-14-32(20(2)17-33)27(34)23-12-22(11-10-21-8-6-5-7-9-21)13-28-26(23)37-24(19)15-31(4)38(35,36)25-16-30(3)18-29-25/h5-13,16,18-20,24,33H,14-15,17H2,1-4H3/b11-10+/t19-,20+,24+/m1/s1. The van der Waals surface area contributed by atoms with Gasteiger partial charge < -0.3 is 19.3 Å². The number of sulfonamides is 1. The fraction of sp³-hybridized carbons (Fsp3) is 0.370. The second-order valence-corrected chi connectivity index (χ2v) is 11.6. The Kier molecular flexibility index (Phi) is 8.29. The van der Waals surface area contributed by atoms with Gasteiger partial charge in [0.2, 0.25) is 5.88 Å². The van der Waals surface area contributed by atoms with Gasteiger partial charge >= 0.3 is 0 Å². The summed E-state index contributed by atoms with van der Waals surface area (Å²) in [5.41, 5.74) is 1.97. The van der Waals surface area contributed by atoms with Gasteiger partial charge in [0, 0.05) is 39.0 Å². The minimum atomic E-state index is -3.85. The molecule has 0 fully saturated rings. The number of benzene rings is 1. The number of hydrogen-bond donors (Lipinski definition) is 1. The first-order valence-corrected chi connectivity index (χ1v) is 13.8. The molecule has 38 heavy (non-hydrogen) atoms. The molecule has 0 aliphatic carbocycles. The third kappa shape index (κ3) is 5.95. The van der Waals surface area contributed by atoms with Crippen LogP contribution in [0.3, 0.4) is 0 Å². The number of pyridine rings is 1. The van der Waals surface area contributed by atoms with Crippen molar-refractivity contribution in [1.29, 1.82) is 0 Å². The zero-order valence-corrected chi connectivity index (χ0v) is 22.7. The summed E-state index contributed by atoms with van der Waals surface area (Å²) in [5, 5.41) is 9.81. The number of aliphatic hydroxyl groups is 1. The lowest BCUT2D eigenvalue weighted by atomic mass is 10.00. The van der Waals surface area contributed by atoms with Gasteiger partial charge in [0.05, 0.1) is 25.5 Å². The smallest absolute Gasteiger partial charge is 0.261 e. The number of rotatable bonds is 8. The van der Waals surface area contributed by atoms with Gasteiger partial charge in [-0.3, -0.25) is 4.79 Å². The van der Waals surface area contributed by atoms with Crippen LogP contribution in [0.5, 0.6) is 5.88 Å². The zero-order chi connectivity index (χ0) is 27.4. The fourth-order valence-electron chi connectivity index (χ4n) is 4.22. The molecule has 0 saturated heterocycles. The molecule has 1 aromatic carbocycles. The molecule has 2 aromatic heterocycles. The van der Waals surface area contributed by atoms with Crippen molar-refractivity contribution >= 4 is 28.1 Å². The van der Waals surface area contributed by atoms with Crippen LogP contribution in [0.4, 0.5) is 0 Å². The van der Waals surface area contributed by atoms with E-state index >= 15 is 0 Å². The van der Waals surface area contributed by atoms with Crippen LogP contribution in [-0.2, 0) is 17.1 Å². The Bertz CT molecular complexity index is 1410. The van der Waals surface area contributed by atoms with Gasteiger partial charge in [-0.25, -0.2) is 18.4 Å². The van der Waals surface area contributed by atoms with E-state index < -0.39 is 22.2 Å². The number of amides is 1. The number of nitrogens with zero attached hydrogens (tertiary/aromatic N) is 5. The summed E-state index contributed by atoms with van der Waals surface area (Å²) in [5.74, 6) is -0.437. The van der Waals surface area contributed by atoms with Gasteiger partial charge in [-0.1, -0.05) is 49.4 Å². The topological polar surface area (TPSA) is 118 Å². The van der Waals surface area contributed by atoms with Gasteiger partial charge in [-0.05, 0) is 24.1 Å². The average Bonchev–Trinajstić information content (AvgIpc) is 3.36. The van der Waals surface area contributed by atoms with Crippen LogP contribution in [0.1, 0.15) is 35.3 Å². The zero-order valence-electron chi connectivity index (χ0n) is 21.9. The average molecular weight is 540 g/mol. The molecular weight excluding hydrogens is 506 g/mol.